The van der Waals surface area contributed by atoms with Gasteiger partial charge in [-0.2, -0.15) is 5.10 Å². The van der Waals surface area contributed by atoms with Crippen molar-refractivity contribution in [1.29, 1.82) is 0 Å². The molecule has 1 amide bonds. The van der Waals surface area contributed by atoms with Crippen LogP contribution < -0.4 is 0 Å². The van der Waals surface area contributed by atoms with Crippen LogP contribution in [0.5, 0.6) is 0 Å². The molecule has 0 saturated carbocycles. The molecular formula is C19H16ClN3OS. The Balaban J connectivity index is 1.78. The van der Waals surface area contributed by atoms with Gasteiger partial charge in [0.25, 0.3) is 0 Å². The van der Waals surface area contributed by atoms with Crippen molar-refractivity contribution >= 4 is 45.5 Å². The van der Waals surface area contributed by atoms with Gasteiger partial charge in [0.1, 0.15) is 5.15 Å². The maximum Gasteiger partial charge on any atom is 0.242 e. The minimum absolute atomic E-state index is 0.0132. The number of hydrogen-bond acceptors (Lipinski definition) is 4. The molecule has 3 aromatic rings. The highest BCUT2D eigenvalue weighted by Gasteiger charge is 2.34. The van der Waals surface area contributed by atoms with E-state index in [1.54, 1.807) is 16.3 Å². The molecule has 1 atom stereocenters. The molecule has 0 N–H and O–H groups in total. The zero-order chi connectivity index (χ0) is 17.4. The first kappa shape index (κ1) is 16.2. The highest BCUT2D eigenvalue weighted by Crippen LogP contribution is 2.37. The lowest BCUT2D eigenvalue weighted by Crippen LogP contribution is -2.26. The fourth-order valence-electron chi connectivity index (χ4n) is 3.08. The van der Waals surface area contributed by atoms with Crippen molar-refractivity contribution < 1.29 is 4.79 Å². The number of nitrogens with zero attached hydrogens (tertiary/aromatic N) is 3. The van der Waals surface area contributed by atoms with E-state index >= 15 is 0 Å². The fraction of sp³-hybridized carbons (Fsp3) is 0.211. The molecule has 4 nitrogen and oxygen atoms in total. The summed E-state index contributed by atoms with van der Waals surface area (Å²) in [4.78, 5) is 18.0. The average molecular weight is 370 g/mol. The smallest absolute Gasteiger partial charge is 0.242 e. The molecule has 1 aliphatic rings. The van der Waals surface area contributed by atoms with E-state index in [1.807, 2.05) is 54.8 Å². The number of para-hydroxylation sites is 1. The molecular weight excluding hydrogens is 354 g/mol. The molecule has 2 aromatic heterocycles. The number of amides is 1. The molecule has 0 saturated heterocycles. The molecule has 126 valence electrons. The van der Waals surface area contributed by atoms with E-state index in [4.69, 9.17) is 11.6 Å². The van der Waals surface area contributed by atoms with E-state index in [0.717, 1.165) is 27.1 Å². The van der Waals surface area contributed by atoms with Gasteiger partial charge in [0.15, 0.2) is 0 Å². The van der Waals surface area contributed by atoms with Crippen LogP contribution >= 0.6 is 22.9 Å². The number of aromatic nitrogens is 1. The number of hydrazone groups is 1. The third-order valence-electron chi connectivity index (χ3n) is 4.34. The number of thiophene rings is 1. The summed E-state index contributed by atoms with van der Waals surface area (Å²) in [6, 6.07) is 13.7. The molecule has 0 fully saturated rings. The van der Waals surface area contributed by atoms with Gasteiger partial charge in [0, 0.05) is 23.8 Å². The van der Waals surface area contributed by atoms with Crippen molar-refractivity contribution in [1.82, 2.24) is 9.99 Å². The number of halogens is 1. The van der Waals surface area contributed by atoms with Gasteiger partial charge in [-0.1, -0.05) is 42.8 Å². The summed E-state index contributed by atoms with van der Waals surface area (Å²) in [6.07, 6.45) is 1.04. The van der Waals surface area contributed by atoms with Crippen LogP contribution in [0.3, 0.4) is 0 Å². The molecule has 0 radical (unpaired) electrons. The zero-order valence-corrected chi connectivity index (χ0v) is 15.2. The highest BCUT2D eigenvalue weighted by molar-refractivity contribution is 7.12. The topological polar surface area (TPSA) is 45.6 Å². The molecule has 0 bridgehead atoms. The number of fused-ring (bicyclic) bond motifs is 1. The van der Waals surface area contributed by atoms with Gasteiger partial charge in [-0.25, -0.2) is 9.99 Å². The van der Waals surface area contributed by atoms with Crippen molar-refractivity contribution in [2.75, 3.05) is 0 Å². The predicted octanol–water partition coefficient (Wildman–Crippen LogP) is 5.04. The molecule has 4 rings (SSSR count). The van der Waals surface area contributed by atoms with Crippen molar-refractivity contribution in [3.63, 3.8) is 0 Å². The molecule has 25 heavy (non-hydrogen) atoms. The predicted molar refractivity (Wildman–Crippen MR) is 102 cm³/mol. The number of rotatable bonds is 3. The van der Waals surface area contributed by atoms with E-state index in [2.05, 4.69) is 10.1 Å². The lowest BCUT2D eigenvalue weighted by atomic mass is 10.0. The first-order valence-corrected chi connectivity index (χ1v) is 9.41. The fourth-order valence-corrected chi connectivity index (χ4v) is 4.07. The van der Waals surface area contributed by atoms with Gasteiger partial charge in [-0.05, 0) is 23.6 Å². The number of carbonyl (C=O) groups excluding carboxylic acids is 1. The van der Waals surface area contributed by atoms with Gasteiger partial charge in [-0.3, -0.25) is 4.79 Å². The lowest BCUT2D eigenvalue weighted by molar-refractivity contribution is -0.132. The van der Waals surface area contributed by atoms with E-state index in [9.17, 15) is 4.79 Å². The second kappa shape index (κ2) is 6.58. The van der Waals surface area contributed by atoms with Gasteiger partial charge in [-0.15, -0.1) is 11.3 Å². The number of benzene rings is 1. The Kier molecular flexibility index (Phi) is 4.27. The monoisotopic (exact) mass is 369 g/mol. The molecule has 0 spiro atoms. The third kappa shape index (κ3) is 2.94. The summed E-state index contributed by atoms with van der Waals surface area (Å²) >= 11 is 8.10. The maximum absolute atomic E-state index is 12.4. The second-order valence-electron chi connectivity index (χ2n) is 5.90. The summed E-state index contributed by atoms with van der Waals surface area (Å²) < 4.78 is 0. The van der Waals surface area contributed by atoms with Crippen molar-refractivity contribution in [2.45, 2.75) is 25.8 Å². The van der Waals surface area contributed by atoms with Crippen LogP contribution in [0.25, 0.3) is 10.9 Å². The number of carbonyl (C=O) groups is 1. The first-order chi connectivity index (χ1) is 12.2. The Morgan fingerprint density at radius 1 is 1.32 bits per heavy atom. The summed E-state index contributed by atoms with van der Waals surface area (Å²) in [7, 11) is 0. The summed E-state index contributed by atoms with van der Waals surface area (Å²) in [6.45, 7) is 1.85. The largest absolute Gasteiger partial charge is 0.273 e. The molecule has 1 aromatic carbocycles. The van der Waals surface area contributed by atoms with Crippen LogP contribution in [0.4, 0.5) is 0 Å². The minimum atomic E-state index is -0.214. The van der Waals surface area contributed by atoms with Crippen molar-refractivity contribution in [3.8, 4) is 0 Å². The van der Waals surface area contributed by atoms with Crippen LogP contribution in [0, 0.1) is 0 Å². The molecule has 1 unspecified atom stereocenters. The van der Waals surface area contributed by atoms with Crippen LogP contribution in [-0.4, -0.2) is 21.6 Å². The standard InChI is InChI=1S/C19H16ClN3OS/c1-2-18(24)23-16(11-15(22-23)17-8-5-9-25-17)13-10-12-6-3-4-7-14(12)21-19(13)20/h3-10,16H,2,11H2,1H3. The van der Waals surface area contributed by atoms with E-state index < -0.39 is 0 Å². The van der Waals surface area contributed by atoms with Gasteiger partial charge in [0.2, 0.25) is 5.91 Å². The van der Waals surface area contributed by atoms with Gasteiger partial charge >= 0.3 is 0 Å². The maximum atomic E-state index is 12.4. The van der Waals surface area contributed by atoms with Crippen LogP contribution in [0.2, 0.25) is 5.15 Å². The SMILES string of the molecule is CCC(=O)N1N=C(c2cccs2)CC1c1cc2ccccc2nc1Cl. The Labute approximate surface area is 154 Å². The van der Waals surface area contributed by atoms with E-state index in [1.165, 1.54) is 0 Å². The summed E-state index contributed by atoms with van der Waals surface area (Å²) in [5, 5.41) is 9.64. The summed E-state index contributed by atoms with van der Waals surface area (Å²) in [5.41, 5.74) is 2.62. The Morgan fingerprint density at radius 2 is 2.16 bits per heavy atom. The summed E-state index contributed by atoms with van der Waals surface area (Å²) in [5.74, 6) is -0.0132. The second-order valence-corrected chi connectivity index (χ2v) is 7.20. The normalized spacial score (nSPS) is 17.1. The van der Waals surface area contributed by atoms with Crippen molar-refractivity contribution in [3.05, 3.63) is 63.4 Å². The van der Waals surface area contributed by atoms with Crippen LogP contribution in [0.1, 0.15) is 36.2 Å². The Hall–Kier alpha value is -2.24. The molecule has 1 aliphatic heterocycles. The van der Waals surface area contributed by atoms with Gasteiger partial charge in [0.05, 0.1) is 22.1 Å². The lowest BCUT2D eigenvalue weighted by Gasteiger charge is -2.22. The Bertz CT molecular complexity index is 968. The third-order valence-corrected chi connectivity index (χ3v) is 5.56. The first-order valence-electron chi connectivity index (χ1n) is 8.16. The quantitative estimate of drug-likeness (QED) is 0.607. The van der Waals surface area contributed by atoms with E-state index in [-0.39, 0.29) is 11.9 Å². The van der Waals surface area contributed by atoms with E-state index in [0.29, 0.717) is 18.0 Å². The van der Waals surface area contributed by atoms with Crippen LogP contribution in [0.15, 0.2) is 52.9 Å². The highest BCUT2D eigenvalue weighted by atomic mass is 35.5. The minimum Gasteiger partial charge on any atom is -0.273 e. The average Bonchev–Trinajstić information content (AvgIpc) is 3.30. The van der Waals surface area contributed by atoms with Crippen LogP contribution in [-0.2, 0) is 4.79 Å². The molecule has 0 aliphatic carbocycles. The molecule has 6 heteroatoms. The van der Waals surface area contributed by atoms with Gasteiger partial charge < -0.3 is 0 Å². The van der Waals surface area contributed by atoms with Crippen molar-refractivity contribution in [2.24, 2.45) is 5.10 Å². The number of hydrogen-bond donors (Lipinski definition) is 0. The number of pyridine rings is 1. The Morgan fingerprint density at radius 3 is 2.92 bits per heavy atom. The zero-order valence-electron chi connectivity index (χ0n) is 13.6. The molecule has 3 heterocycles.